The minimum Gasteiger partial charge on any atom is -0.484 e. The first-order valence-corrected chi connectivity index (χ1v) is 8.37. The molecule has 0 bridgehead atoms. The predicted molar refractivity (Wildman–Crippen MR) is 97.5 cm³/mol. The molecule has 0 aliphatic carbocycles. The fourth-order valence-electron chi connectivity index (χ4n) is 2.23. The Kier molecular flexibility index (Phi) is 7.29. The molecule has 0 saturated carbocycles. The van der Waals surface area contributed by atoms with Crippen molar-refractivity contribution in [3.05, 3.63) is 65.2 Å². The molecule has 0 aromatic heterocycles. The zero-order chi connectivity index (χ0) is 18.1. The summed E-state index contributed by atoms with van der Waals surface area (Å²) in [4.78, 5) is 25.2. The number of amides is 2. The van der Waals surface area contributed by atoms with Gasteiger partial charge in [-0.2, -0.15) is 0 Å². The molecule has 1 N–H and O–H groups in total. The second-order valence-corrected chi connectivity index (χ2v) is 5.89. The number of benzene rings is 2. The fraction of sp³-hybridized carbons (Fsp3) is 0.263. The lowest BCUT2D eigenvalue weighted by Crippen LogP contribution is -2.38. The molecule has 0 atom stereocenters. The third-order valence-electron chi connectivity index (χ3n) is 3.58. The molecular formula is C19H21ClN2O3. The first-order chi connectivity index (χ1) is 12.1. The lowest BCUT2D eigenvalue weighted by molar-refractivity contribution is -0.130. The number of nitrogens with zero attached hydrogens (tertiary/aromatic N) is 1. The van der Waals surface area contributed by atoms with Crippen LogP contribution in [0.2, 0.25) is 5.02 Å². The van der Waals surface area contributed by atoms with Crippen LogP contribution in [0.4, 0.5) is 0 Å². The number of nitrogens with one attached hydrogen (secondary N) is 1. The highest BCUT2D eigenvalue weighted by molar-refractivity contribution is 6.31. The molecule has 0 heterocycles. The summed E-state index contributed by atoms with van der Waals surface area (Å²) in [5.74, 6) is 0.335. The van der Waals surface area contributed by atoms with E-state index >= 15 is 0 Å². The first-order valence-electron chi connectivity index (χ1n) is 7.99. The molecule has 0 unspecified atom stereocenters. The zero-order valence-corrected chi connectivity index (χ0v) is 14.8. The van der Waals surface area contributed by atoms with E-state index in [1.807, 2.05) is 36.4 Å². The molecule has 6 heteroatoms. The first kappa shape index (κ1) is 18.8. The van der Waals surface area contributed by atoms with Gasteiger partial charge in [0.05, 0.1) is 0 Å². The van der Waals surface area contributed by atoms with Crippen molar-refractivity contribution >= 4 is 23.4 Å². The Balaban J connectivity index is 1.76. The van der Waals surface area contributed by atoms with Gasteiger partial charge < -0.3 is 15.0 Å². The van der Waals surface area contributed by atoms with Crippen molar-refractivity contribution in [2.75, 3.05) is 19.7 Å². The van der Waals surface area contributed by atoms with Gasteiger partial charge in [-0.15, -0.1) is 0 Å². The molecule has 0 spiro atoms. The Morgan fingerprint density at radius 3 is 2.44 bits per heavy atom. The van der Waals surface area contributed by atoms with Gasteiger partial charge in [-0.1, -0.05) is 48.0 Å². The Hall–Kier alpha value is -2.53. The van der Waals surface area contributed by atoms with Crippen molar-refractivity contribution < 1.29 is 14.3 Å². The third-order valence-corrected chi connectivity index (χ3v) is 3.95. The topological polar surface area (TPSA) is 58.6 Å². The maximum Gasteiger partial charge on any atom is 0.258 e. The Morgan fingerprint density at radius 2 is 1.76 bits per heavy atom. The average Bonchev–Trinajstić information content (AvgIpc) is 2.61. The van der Waals surface area contributed by atoms with Crippen molar-refractivity contribution in [3.63, 3.8) is 0 Å². The lowest BCUT2D eigenvalue weighted by atomic mass is 10.2. The van der Waals surface area contributed by atoms with Crippen LogP contribution in [-0.4, -0.2) is 36.4 Å². The summed E-state index contributed by atoms with van der Waals surface area (Å²) in [5.41, 5.74) is 0.873. The number of hydrogen-bond acceptors (Lipinski definition) is 3. The minimum absolute atomic E-state index is 0.0609. The molecule has 0 aliphatic heterocycles. The van der Waals surface area contributed by atoms with Crippen LogP contribution in [0, 0.1) is 0 Å². The maximum atomic E-state index is 11.8. The maximum absolute atomic E-state index is 11.8. The standard InChI is InChI=1S/C19H21ClN2O3/c1-15(23)22(13-16-7-5-6-10-18(16)20)12-11-21-19(24)14-25-17-8-3-2-4-9-17/h2-10H,11-14H2,1H3,(H,21,24). The van der Waals surface area contributed by atoms with Gasteiger partial charge >= 0.3 is 0 Å². The normalized spacial score (nSPS) is 10.2. The molecule has 132 valence electrons. The number of para-hydroxylation sites is 1. The van der Waals surface area contributed by atoms with Crippen LogP contribution in [0.15, 0.2) is 54.6 Å². The number of rotatable bonds is 8. The van der Waals surface area contributed by atoms with Gasteiger partial charge in [-0.25, -0.2) is 0 Å². The summed E-state index contributed by atoms with van der Waals surface area (Å²) < 4.78 is 5.37. The molecule has 0 saturated heterocycles. The van der Waals surface area contributed by atoms with Crippen molar-refractivity contribution in [1.82, 2.24) is 10.2 Å². The molecular weight excluding hydrogens is 340 g/mol. The Morgan fingerprint density at radius 1 is 1.08 bits per heavy atom. The van der Waals surface area contributed by atoms with E-state index in [-0.39, 0.29) is 18.4 Å². The van der Waals surface area contributed by atoms with Crippen LogP contribution in [0.3, 0.4) is 0 Å². The predicted octanol–water partition coefficient (Wildman–Crippen LogP) is 2.88. The van der Waals surface area contributed by atoms with Gasteiger partial charge in [-0.3, -0.25) is 9.59 Å². The van der Waals surface area contributed by atoms with Gasteiger partial charge in [0.15, 0.2) is 6.61 Å². The van der Waals surface area contributed by atoms with Gasteiger partial charge in [0, 0.05) is 31.6 Å². The van der Waals surface area contributed by atoms with Crippen LogP contribution in [-0.2, 0) is 16.1 Å². The van der Waals surface area contributed by atoms with Crippen LogP contribution >= 0.6 is 11.6 Å². The van der Waals surface area contributed by atoms with Crippen molar-refractivity contribution in [2.45, 2.75) is 13.5 Å². The third kappa shape index (κ3) is 6.47. The number of ether oxygens (including phenoxy) is 1. The van der Waals surface area contributed by atoms with E-state index in [1.165, 1.54) is 6.92 Å². The summed E-state index contributed by atoms with van der Waals surface area (Å²) in [6.07, 6.45) is 0. The molecule has 2 amide bonds. The van der Waals surface area contributed by atoms with Gasteiger partial charge in [0.1, 0.15) is 5.75 Å². The second kappa shape index (κ2) is 9.69. The van der Waals surface area contributed by atoms with Crippen molar-refractivity contribution in [1.29, 1.82) is 0 Å². The number of halogens is 1. The Bertz CT molecular complexity index is 707. The SMILES string of the molecule is CC(=O)N(CCNC(=O)COc1ccccc1)Cc1ccccc1Cl. The summed E-state index contributed by atoms with van der Waals surface area (Å²) in [5, 5.41) is 3.37. The van der Waals surface area contributed by atoms with E-state index in [9.17, 15) is 9.59 Å². The summed E-state index contributed by atoms with van der Waals surface area (Å²) in [6, 6.07) is 16.5. The molecule has 0 aliphatic rings. The van der Waals surface area contributed by atoms with E-state index in [0.717, 1.165) is 5.56 Å². The lowest BCUT2D eigenvalue weighted by Gasteiger charge is -2.22. The largest absolute Gasteiger partial charge is 0.484 e. The molecule has 0 radical (unpaired) electrons. The van der Waals surface area contributed by atoms with Gasteiger partial charge in [0.2, 0.25) is 5.91 Å². The quantitative estimate of drug-likeness (QED) is 0.787. The van der Waals surface area contributed by atoms with E-state index in [4.69, 9.17) is 16.3 Å². The van der Waals surface area contributed by atoms with E-state index < -0.39 is 0 Å². The second-order valence-electron chi connectivity index (χ2n) is 5.48. The number of carbonyl (C=O) groups excluding carboxylic acids is 2. The smallest absolute Gasteiger partial charge is 0.258 e. The van der Waals surface area contributed by atoms with Crippen LogP contribution < -0.4 is 10.1 Å². The average molecular weight is 361 g/mol. The van der Waals surface area contributed by atoms with Crippen LogP contribution in [0.1, 0.15) is 12.5 Å². The van der Waals surface area contributed by atoms with Crippen molar-refractivity contribution in [2.24, 2.45) is 0 Å². The fourth-order valence-corrected chi connectivity index (χ4v) is 2.42. The highest BCUT2D eigenvalue weighted by Gasteiger charge is 2.12. The zero-order valence-electron chi connectivity index (χ0n) is 14.1. The molecule has 2 rings (SSSR count). The summed E-state index contributed by atoms with van der Waals surface area (Å²) in [7, 11) is 0. The van der Waals surface area contributed by atoms with E-state index in [2.05, 4.69) is 5.32 Å². The molecule has 2 aromatic carbocycles. The van der Waals surface area contributed by atoms with Gasteiger partial charge in [0.25, 0.3) is 5.91 Å². The highest BCUT2D eigenvalue weighted by Crippen LogP contribution is 2.16. The van der Waals surface area contributed by atoms with Gasteiger partial charge in [-0.05, 0) is 23.8 Å². The molecule has 0 fully saturated rings. The van der Waals surface area contributed by atoms with E-state index in [1.54, 1.807) is 23.1 Å². The molecule has 5 nitrogen and oxygen atoms in total. The van der Waals surface area contributed by atoms with Crippen LogP contribution in [0.25, 0.3) is 0 Å². The van der Waals surface area contributed by atoms with E-state index in [0.29, 0.717) is 30.4 Å². The minimum atomic E-state index is -0.231. The monoisotopic (exact) mass is 360 g/mol. The molecule has 2 aromatic rings. The highest BCUT2D eigenvalue weighted by atomic mass is 35.5. The van der Waals surface area contributed by atoms with Crippen LogP contribution in [0.5, 0.6) is 5.75 Å². The Labute approximate surface area is 152 Å². The number of carbonyl (C=O) groups is 2. The van der Waals surface area contributed by atoms with Crippen molar-refractivity contribution in [3.8, 4) is 5.75 Å². The molecule has 25 heavy (non-hydrogen) atoms. The number of hydrogen-bond donors (Lipinski definition) is 1. The summed E-state index contributed by atoms with van der Waals surface area (Å²) >= 11 is 6.13. The summed E-state index contributed by atoms with van der Waals surface area (Å²) in [6.45, 7) is 2.59.